The van der Waals surface area contributed by atoms with Crippen LogP contribution in [0.1, 0.15) is 30.0 Å². The van der Waals surface area contributed by atoms with E-state index >= 15 is 0 Å². The number of esters is 1. The molecule has 0 aliphatic rings. The Bertz CT molecular complexity index is 808. The van der Waals surface area contributed by atoms with Crippen LogP contribution in [0.5, 0.6) is 0 Å². The lowest BCUT2D eigenvalue weighted by Gasteiger charge is -2.19. The van der Waals surface area contributed by atoms with E-state index in [0.717, 1.165) is 0 Å². The van der Waals surface area contributed by atoms with Crippen LogP contribution in [-0.4, -0.2) is 42.4 Å². The van der Waals surface area contributed by atoms with Gasteiger partial charge >= 0.3 is 5.97 Å². The van der Waals surface area contributed by atoms with Gasteiger partial charge in [0.25, 0.3) is 11.8 Å². The molecular weight excluding hydrogens is 348 g/mol. The fraction of sp³-hybridized carbons (Fsp3) is 0.250. The summed E-state index contributed by atoms with van der Waals surface area (Å²) in [7, 11) is 0. The molecule has 7 heteroatoms. The van der Waals surface area contributed by atoms with E-state index in [1.54, 1.807) is 41.3 Å². The van der Waals surface area contributed by atoms with Crippen molar-refractivity contribution in [2.45, 2.75) is 13.8 Å². The molecule has 0 radical (unpaired) electrons. The molecule has 142 valence electrons. The lowest BCUT2D eigenvalue weighted by molar-refractivity contribution is -0.142. The number of nitrogens with zero attached hydrogens (tertiary/aromatic N) is 1. The molecule has 0 unspecified atom stereocenters. The quantitative estimate of drug-likeness (QED) is 0.570. The third-order valence-corrected chi connectivity index (χ3v) is 3.72. The number of carbonyl (C=O) groups excluding carboxylic acids is 3. The van der Waals surface area contributed by atoms with Gasteiger partial charge in [-0.05, 0) is 50.3 Å². The van der Waals surface area contributed by atoms with Crippen molar-refractivity contribution in [1.29, 1.82) is 0 Å². The highest BCUT2D eigenvalue weighted by Crippen LogP contribution is 2.13. The largest absolute Gasteiger partial charge is 0.465 e. The van der Waals surface area contributed by atoms with Gasteiger partial charge in [0.15, 0.2) is 6.61 Å². The summed E-state index contributed by atoms with van der Waals surface area (Å²) in [6.07, 6.45) is 4.11. The van der Waals surface area contributed by atoms with Crippen LogP contribution < -0.4 is 5.32 Å². The molecule has 0 aliphatic carbocycles. The number of nitrogens with one attached hydrogen (secondary N) is 1. The monoisotopic (exact) mass is 370 g/mol. The second-order valence-electron chi connectivity index (χ2n) is 5.56. The maximum absolute atomic E-state index is 12.4. The summed E-state index contributed by atoms with van der Waals surface area (Å²) < 4.78 is 9.92. The van der Waals surface area contributed by atoms with Gasteiger partial charge in [-0.1, -0.05) is 6.07 Å². The van der Waals surface area contributed by atoms with Crippen molar-refractivity contribution in [1.82, 2.24) is 4.90 Å². The lowest BCUT2D eigenvalue weighted by atomic mass is 10.1. The van der Waals surface area contributed by atoms with Gasteiger partial charge in [0, 0.05) is 30.4 Å². The summed E-state index contributed by atoms with van der Waals surface area (Å²) in [5, 5.41) is 2.61. The standard InChI is InChI=1S/C20H22N2O5/c1-3-22(4-2)20(25)15-7-5-8-16(13-15)21-18(23)14-27-19(24)11-10-17-9-6-12-26-17/h5-13H,3-4,14H2,1-2H3,(H,21,23)/b11-10+. The Balaban J connectivity index is 1.87. The predicted octanol–water partition coefficient (Wildman–Crippen LogP) is 2.96. The van der Waals surface area contributed by atoms with Crippen LogP contribution in [0.3, 0.4) is 0 Å². The zero-order valence-electron chi connectivity index (χ0n) is 15.3. The molecule has 0 atom stereocenters. The second kappa shape index (κ2) is 9.96. The number of hydrogen-bond donors (Lipinski definition) is 1. The van der Waals surface area contributed by atoms with E-state index < -0.39 is 18.5 Å². The first-order chi connectivity index (χ1) is 13.0. The van der Waals surface area contributed by atoms with Crippen molar-refractivity contribution in [3.05, 3.63) is 60.1 Å². The van der Waals surface area contributed by atoms with Gasteiger partial charge in [0.2, 0.25) is 0 Å². The summed E-state index contributed by atoms with van der Waals surface area (Å²) in [5.41, 5.74) is 0.940. The first-order valence-electron chi connectivity index (χ1n) is 8.61. The van der Waals surface area contributed by atoms with Crippen LogP contribution in [0.25, 0.3) is 6.08 Å². The van der Waals surface area contributed by atoms with Gasteiger partial charge in [0.05, 0.1) is 6.26 Å². The molecule has 0 bridgehead atoms. The fourth-order valence-electron chi connectivity index (χ4n) is 2.34. The molecule has 2 amide bonds. The third kappa shape index (κ3) is 6.14. The van der Waals surface area contributed by atoms with E-state index in [4.69, 9.17) is 9.15 Å². The summed E-state index contributed by atoms with van der Waals surface area (Å²) in [6, 6.07) is 10.0. The zero-order chi connectivity index (χ0) is 19.6. The molecule has 1 N–H and O–H groups in total. The maximum Gasteiger partial charge on any atom is 0.331 e. The molecule has 0 saturated carbocycles. The van der Waals surface area contributed by atoms with E-state index in [9.17, 15) is 14.4 Å². The van der Waals surface area contributed by atoms with Crippen molar-refractivity contribution in [2.75, 3.05) is 25.0 Å². The molecule has 0 aliphatic heterocycles. The van der Waals surface area contributed by atoms with E-state index in [0.29, 0.717) is 30.1 Å². The molecule has 1 heterocycles. The summed E-state index contributed by atoms with van der Waals surface area (Å²) >= 11 is 0. The Labute approximate surface area is 157 Å². The van der Waals surface area contributed by atoms with Crippen molar-refractivity contribution >= 4 is 29.5 Å². The first-order valence-corrected chi connectivity index (χ1v) is 8.61. The van der Waals surface area contributed by atoms with Gasteiger partial charge < -0.3 is 19.4 Å². The molecule has 7 nitrogen and oxygen atoms in total. The normalized spacial score (nSPS) is 10.6. The molecule has 1 aromatic heterocycles. The Morgan fingerprint density at radius 1 is 1.15 bits per heavy atom. The topological polar surface area (TPSA) is 88.9 Å². The number of hydrogen-bond acceptors (Lipinski definition) is 5. The van der Waals surface area contributed by atoms with E-state index in [-0.39, 0.29) is 5.91 Å². The highest BCUT2D eigenvalue weighted by atomic mass is 16.5. The number of carbonyl (C=O) groups is 3. The molecule has 0 fully saturated rings. The highest BCUT2D eigenvalue weighted by Gasteiger charge is 2.13. The van der Waals surface area contributed by atoms with Crippen LogP contribution in [0, 0.1) is 0 Å². The minimum Gasteiger partial charge on any atom is -0.465 e. The maximum atomic E-state index is 12.4. The SMILES string of the molecule is CCN(CC)C(=O)c1cccc(NC(=O)COC(=O)/C=C/c2ccco2)c1. The molecule has 0 saturated heterocycles. The number of benzene rings is 1. The molecule has 27 heavy (non-hydrogen) atoms. The Kier molecular flexibility index (Phi) is 7.37. The number of amides is 2. The molecule has 0 spiro atoms. The molecular formula is C20H22N2O5. The number of rotatable bonds is 8. The van der Waals surface area contributed by atoms with Gasteiger partial charge in [-0.15, -0.1) is 0 Å². The molecule has 1 aromatic carbocycles. The van der Waals surface area contributed by atoms with Crippen molar-refractivity contribution < 1.29 is 23.5 Å². The Morgan fingerprint density at radius 3 is 2.59 bits per heavy atom. The smallest absolute Gasteiger partial charge is 0.331 e. The number of furan rings is 1. The van der Waals surface area contributed by atoms with Gasteiger partial charge in [-0.2, -0.15) is 0 Å². The first kappa shape index (κ1) is 20.0. The minimum atomic E-state index is -0.660. The van der Waals surface area contributed by atoms with Gasteiger partial charge in [0.1, 0.15) is 5.76 Å². The van der Waals surface area contributed by atoms with Crippen LogP contribution in [0.2, 0.25) is 0 Å². The van der Waals surface area contributed by atoms with Crippen LogP contribution in [0.15, 0.2) is 53.2 Å². The number of ether oxygens (including phenoxy) is 1. The Hall–Kier alpha value is -3.35. The average molecular weight is 370 g/mol. The lowest BCUT2D eigenvalue weighted by Crippen LogP contribution is -2.30. The van der Waals surface area contributed by atoms with Crippen molar-refractivity contribution in [3.8, 4) is 0 Å². The van der Waals surface area contributed by atoms with Gasteiger partial charge in [-0.3, -0.25) is 9.59 Å². The van der Waals surface area contributed by atoms with E-state index in [1.807, 2.05) is 13.8 Å². The number of anilines is 1. The van der Waals surface area contributed by atoms with Crippen LogP contribution >= 0.6 is 0 Å². The van der Waals surface area contributed by atoms with Crippen LogP contribution in [0.4, 0.5) is 5.69 Å². The van der Waals surface area contributed by atoms with E-state index in [1.165, 1.54) is 18.4 Å². The van der Waals surface area contributed by atoms with Gasteiger partial charge in [-0.25, -0.2) is 4.79 Å². The molecule has 2 aromatic rings. The summed E-state index contributed by atoms with van der Waals surface area (Å²) in [4.78, 5) is 37.6. The average Bonchev–Trinajstić information content (AvgIpc) is 3.19. The second-order valence-corrected chi connectivity index (χ2v) is 5.56. The zero-order valence-corrected chi connectivity index (χ0v) is 15.3. The molecule has 2 rings (SSSR count). The minimum absolute atomic E-state index is 0.106. The highest BCUT2D eigenvalue weighted by molar-refractivity contribution is 5.98. The Morgan fingerprint density at radius 2 is 1.93 bits per heavy atom. The van der Waals surface area contributed by atoms with E-state index in [2.05, 4.69) is 5.32 Å². The summed E-state index contributed by atoms with van der Waals surface area (Å²) in [6.45, 7) is 4.58. The fourth-order valence-corrected chi connectivity index (χ4v) is 2.34. The van der Waals surface area contributed by atoms with Crippen molar-refractivity contribution in [2.24, 2.45) is 0 Å². The van der Waals surface area contributed by atoms with Crippen molar-refractivity contribution in [3.63, 3.8) is 0 Å². The predicted molar refractivity (Wildman–Crippen MR) is 101 cm³/mol. The van der Waals surface area contributed by atoms with Crippen LogP contribution in [-0.2, 0) is 14.3 Å². The summed E-state index contributed by atoms with van der Waals surface area (Å²) in [5.74, 6) is -0.758. The third-order valence-electron chi connectivity index (χ3n) is 3.72.